The van der Waals surface area contributed by atoms with Gasteiger partial charge >= 0.3 is 0 Å². The van der Waals surface area contributed by atoms with Crippen LogP contribution in [-0.4, -0.2) is 25.9 Å². The Morgan fingerprint density at radius 3 is 2.78 bits per heavy atom. The smallest absolute Gasteiger partial charge is 0.171 e. The molecule has 0 unspecified atom stereocenters. The quantitative estimate of drug-likeness (QED) is 0.817. The lowest BCUT2D eigenvalue weighted by Crippen LogP contribution is -2.42. The van der Waals surface area contributed by atoms with Crippen molar-refractivity contribution in [3.63, 3.8) is 0 Å². The molecule has 2 aromatic carbocycles. The molecule has 0 radical (unpaired) electrons. The second kappa shape index (κ2) is 6.50. The Kier molecular flexibility index (Phi) is 4.27. The van der Waals surface area contributed by atoms with E-state index in [9.17, 15) is 5.11 Å². The summed E-state index contributed by atoms with van der Waals surface area (Å²) in [7, 11) is 3.35. The Bertz CT molecular complexity index is 913. The Hall–Kier alpha value is -2.66. The molecule has 1 N–H and O–H groups in total. The number of aromatic hydroxyl groups is 1. The summed E-state index contributed by atoms with van der Waals surface area (Å²) in [6.07, 6.45) is 2.52. The summed E-state index contributed by atoms with van der Waals surface area (Å²) in [6.45, 7) is 4.46. The summed E-state index contributed by atoms with van der Waals surface area (Å²) in [5, 5.41) is 9.78. The van der Waals surface area contributed by atoms with Crippen molar-refractivity contribution in [1.82, 2.24) is 0 Å². The fourth-order valence-electron chi connectivity index (χ4n) is 3.92. The normalized spacial score (nSPS) is 22.0. The number of phenolic OH excluding ortho intramolecular Hbond substituents is 1. The Morgan fingerprint density at radius 1 is 1.26 bits per heavy atom. The summed E-state index contributed by atoms with van der Waals surface area (Å²) in [5.41, 5.74) is 3.33. The zero-order valence-electron chi connectivity index (χ0n) is 16.0. The van der Waals surface area contributed by atoms with E-state index in [1.165, 1.54) is 5.57 Å². The average molecular weight is 368 g/mol. The highest BCUT2D eigenvalue weighted by atomic mass is 16.6. The third-order valence-corrected chi connectivity index (χ3v) is 5.35. The zero-order chi connectivity index (χ0) is 19.2. The minimum Gasteiger partial charge on any atom is -0.508 e. The van der Waals surface area contributed by atoms with Crippen molar-refractivity contribution < 1.29 is 24.1 Å². The number of hydrogen-bond donors (Lipinski definition) is 1. The molecule has 0 spiro atoms. The largest absolute Gasteiger partial charge is 0.508 e. The van der Waals surface area contributed by atoms with E-state index in [1.807, 2.05) is 18.2 Å². The molecule has 2 heterocycles. The first-order valence-electron chi connectivity index (χ1n) is 9.01. The van der Waals surface area contributed by atoms with E-state index in [-0.39, 0.29) is 11.9 Å². The van der Waals surface area contributed by atoms with Gasteiger partial charge < -0.3 is 24.1 Å². The van der Waals surface area contributed by atoms with Crippen molar-refractivity contribution in [2.24, 2.45) is 0 Å². The fourth-order valence-corrected chi connectivity index (χ4v) is 3.92. The molecule has 142 valence electrons. The van der Waals surface area contributed by atoms with E-state index in [2.05, 4.69) is 19.9 Å². The van der Waals surface area contributed by atoms with Crippen LogP contribution in [0.5, 0.6) is 23.0 Å². The molecule has 0 amide bonds. The van der Waals surface area contributed by atoms with Gasteiger partial charge in [-0.25, -0.2) is 0 Å². The van der Waals surface area contributed by atoms with Gasteiger partial charge in [0.1, 0.15) is 29.6 Å². The standard InChI is InChI=1S/C22H24O5/c1-13(2)5-7-15-18(24-3)10-9-17-20(15)27-21-16-8-6-14(23)11-19(16)26-12-22(17,21)25-4/h5-6,8-11,21,23H,7,12H2,1-4H3/t21-,22+/m0/s1. The molecule has 2 aliphatic rings. The molecule has 2 atom stereocenters. The number of fused-ring (bicyclic) bond motifs is 5. The highest BCUT2D eigenvalue weighted by molar-refractivity contribution is 5.59. The monoisotopic (exact) mass is 368 g/mol. The maximum atomic E-state index is 9.78. The van der Waals surface area contributed by atoms with Gasteiger partial charge in [-0.15, -0.1) is 0 Å². The second-order valence-electron chi connectivity index (χ2n) is 7.21. The SMILES string of the molecule is COc1ccc2c(c1CC=C(C)C)O[C@H]1c3ccc(O)cc3OC[C@@]21OC. The van der Waals surface area contributed by atoms with Gasteiger partial charge in [-0.1, -0.05) is 11.6 Å². The molecule has 0 fully saturated rings. The number of methoxy groups -OCH3 is 2. The summed E-state index contributed by atoms with van der Waals surface area (Å²) < 4.78 is 24.0. The third-order valence-electron chi connectivity index (χ3n) is 5.35. The predicted octanol–water partition coefficient (Wildman–Crippen LogP) is 4.28. The van der Waals surface area contributed by atoms with Crippen molar-refractivity contribution in [1.29, 1.82) is 0 Å². The number of allylic oxidation sites excluding steroid dienone is 2. The molecule has 5 nitrogen and oxygen atoms in total. The van der Waals surface area contributed by atoms with E-state index in [0.29, 0.717) is 18.8 Å². The van der Waals surface area contributed by atoms with Crippen LogP contribution in [0.15, 0.2) is 42.0 Å². The molecule has 2 aliphatic heterocycles. The van der Waals surface area contributed by atoms with Gasteiger partial charge in [-0.2, -0.15) is 0 Å². The third kappa shape index (κ3) is 2.65. The minimum atomic E-state index is -0.731. The van der Waals surface area contributed by atoms with Crippen LogP contribution in [0.1, 0.15) is 36.6 Å². The highest BCUT2D eigenvalue weighted by Crippen LogP contribution is 2.57. The van der Waals surface area contributed by atoms with Gasteiger partial charge in [0.05, 0.1) is 7.11 Å². The van der Waals surface area contributed by atoms with Crippen molar-refractivity contribution in [3.8, 4) is 23.0 Å². The molecule has 0 aliphatic carbocycles. The van der Waals surface area contributed by atoms with E-state index in [0.717, 1.165) is 28.2 Å². The van der Waals surface area contributed by atoms with Crippen LogP contribution < -0.4 is 14.2 Å². The summed E-state index contributed by atoms with van der Waals surface area (Å²) >= 11 is 0. The van der Waals surface area contributed by atoms with Crippen LogP contribution in [0.25, 0.3) is 0 Å². The first-order valence-corrected chi connectivity index (χ1v) is 9.01. The number of rotatable bonds is 4. The van der Waals surface area contributed by atoms with Gasteiger partial charge in [0.15, 0.2) is 11.7 Å². The molecule has 0 aromatic heterocycles. The molecule has 0 saturated heterocycles. The summed E-state index contributed by atoms with van der Waals surface area (Å²) in [5.74, 6) is 2.38. The number of ether oxygens (including phenoxy) is 4. The number of hydrogen-bond acceptors (Lipinski definition) is 5. The van der Waals surface area contributed by atoms with E-state index in [4.69, 9.17) is 18.9 Å². The van der Waals surface area contributed by atoms with Gasteiger partial charge in [0.25, 0.3) is 0 Å². The minimum absolute atomic E-state index is 0.167. The fraction of sp³-hybridized carbons (Fsp3) is 0.364. The number of benzene rings is 2. The van der Waals surface area contributed by atoms with Crippen LogP contribution >= 0.6 is 0 Å². The Morgan fingerprint density at radius 2 is 2.07 bits per heavy atom. The number of phenols is 1. The maximum Gasteiger partial charge on any atom is 0.171 e. The van der Waals surface area contributed by atoms with E-state index in [1.54, 1.807) is 26.4 Å². The van der Waals surface area contributed by atoms with Crippen LogP contribution in [-0.2, 0) is 16.8 Å². The van der Waals surface area contributed by atoms with E-state index < -0.39 is 5.60 Å². The van der Waals surface area contributed by atoms with Gasteiger partial charge in [0.2, 0.25) is 0 Å². The second-order valence-corrected chi connectivity index (χ2v) is 7.21. The first kappa shape index (κ1) is 17.7. The molecule has 0 bridgehead atoms. The Labute approximate surface area is 159 Å². The van der Waals surface area contributed by atoms with Crippen LogP contribution in [0.2, 0.25) is 0 Å². The molecule has 27 heavy (non-hydrogen) atoms. The summed E-state index contributed by atoms with van der Waals surface area (Å²) in [6, 6.07) is 9.06. The topological polar surface area (TPSA) is 57.2 Å². The molecule has 5 heteroatoms. The van der Waals surface area contributed by atoms with E-state index >= 15 is 0 Å². The lowest BCUT2D eigenvalue weighted by molar-refractivity contribution is -0.114. The predicted molar refractivity (Wildman–Crippen MR) is 102 cm³/mol. The van der Waals surface area contributed by atoms with Crippen LogP contribution in [0.4, 0.5) is 0 Å². The highest BCUT2D eigenvalue weighted by Gasteiger charge is 2.55. The van der Waals surface area contributed by atoms with Crippen molar-refractivity contribution in [2.45, 2.75) is 32.0 Å². The van der Waals surface area contributed by atoms with Crippen LogP contribution in [0, 0.1) is 0 Å². The average Bonchev–Trinajstić information content (AvgIpc) is 3.00. The Balaban J connectivity index is 1.88. The van der Waals surface area contributed by atoms with Crippen LogP contribution in [0.3, 0.4) is 0 Å². The van der Waals surface area contributed by atoms with Gasteiger partial charge in [0, 0.05) is 29.9 Å². The van der Waals surface area contributed by atoms with Gasteiger partial charge in [-0.3, -0.25) is 0 Å². The van der Waals surface area contributed by atoms with Crippen molar-refractivity contribution in [3.05, 3.63) is 58.7 Å². The van der Waals surface area contributed by atoms with Crippen molar-refractivity contribution >= 4 is 0 Å². The van der Waals surface area contributed by atoms with Crippen molar-refractivity contribution in [2.75, 3.05) is 20.8 Å². The maximum absolute atomic E-state index is 9.78. The lowest BCUT2D eigenvalue weighted by Gasteiger charge is -2.37. The van der Waals surface area contributed by atoms with Gasteiger partial charge in [-0.05, 0) is 44.5 Å². The summed E-state index contributed by atoms with van der Waals surface area (Å²) in [4.78, 5) is 0. The molecular formula is C22H24O5. The molecule has 4 rings (SSSR count). The molecular weight excluding hydrogens is 344 g/mol. The molecule has 0 saturated carbocycles. The first-order chi connectivity index (χ1) is 13.0. The zero-order valence-corrected chi connectivity index (χ0v) is 16.0. The lowest BCUT2D eigenvalue weighted by atomic mass is 9.83. The molecule has 2 aromatic rings.